The fourth-order valence-electron chi connectivity index (χ4n) is 2.63. The van der Waals surface area contributed by atoms with E-state index < -0.39 is 6.04 Å². The van der Waals surface area contributed by atoms with Crippen LogP contribution >= 0.6 is 0 Å². The summed E-state index contributed by atoms with van der Waals surface area (Å²) in [6.07, 6.45) is 2.06. The molecule has 0 unspecified atom stereocenters. The van der Waals surface area contributed by atoms with Crippen molar-refractivity contribution in [1.29, 1.82) is 0 Å². The van der Waals surface area contributed by atoms with E-state index in [1.165, 1.54) is 14.2 Å². The molecule has 1 heterocycles. The van der Waals surface area contributed by atoms with Gasteiger partial charge < -0.3 is 24.5 Å². The summed E-state index contributed by atoms with van der Waals surface area (Å²) >= 11 is 0. The minimum atomic E-state index is -0.652. The number of hydrogen-bond acceptors (Lipinski definition) is 5. The monoisotopic (exact) mass is 374 g/mol. The molecular formula is C20H26N2O5. The summed E-state index contributed by atoms with van der Waals surface area (Å²) in [7, 11) is 3.03. The number of rotatable bonds is 9. The Morgan fingerprint density at radius 2 is 1.85 bits per heavy atom. The van der Waals surface area contributed by atoms with Gasteiger partial charge in [0.15, 0.2) is 11.5 Å². The van der Waals surface area contributed by atoms with Gasteiger partial charge in [0.25, 0.3) is 5.91 Å². The van der Waals surface area contributed by atoms with Crippen LogP contribution in [0.3, 0.4) is 0 Å². The number of benzene rings is 1. The number of nitrogens with one attached hydrogen (secondary N) is 2. The lowest BCUT2D eigenvalue weighted by atomic mass is 10.0. The van der Waals surface area contributed by atoms with Crippen molar-refractivity contribution in [3.05, 3.63) is 47.9 Å². The van der Waals surface area contributed by atoms with Gasteiger partial charge in [0, 0.05) is 5.56 Å². The second-order valence-corrected chi connectivity index (χ2v) is 6.52. The largest absolute Gasteiger partial charge is 0.493 e. The summed E-state index contributed by atoms with van der Waals surface area (Å²) in [5.41, 5.74) is 0.389. The van der Waals surface area contributed by atoms with Gasteiger partial charge in [-0.25, -0.2) is 0 Å². The Morgan fingerprint density at radius 3 is 2.44 bits per heavy atom. The molecule has 1 atom stereocenters. The van der Waals surface area contributed by atoms with E-state index in [1.807, 2.05) is 13.8 Å². The van der Waals surface area contributed by atoms with Gasteiger partial charge in [-0.2, -0.15) is 0 Å². The minimum absolute atomic E-state index is 0.232. The van der Waals surface area contributed by atoms with E-state index in [9.17, 15) is 9.59 Å². The third kappa shape index (κ3) is 5.77. The zero-order valence-electron chi connectivity index (χ0n) is 16.1. The SMILES string of the molecule is COc1ccc(C(=O)N[C@@H](CC(C)C)C(=O)NCc2ccco2)cc1OC. The standard InChI is InChI=1S/C20H26N2O5/c1-13(2)10-16(20(24)21-12-15-6-5-9-27-15)22-19(23)14-7-8-17(25-3)18(11-14)26-4/h5-9,11,13,16H,10,12H2,1-4H3,(H,21,24)(H,22,23)/t16-/m0/s1. The Balaban J connectivity index is 2.07. The molecule has 0 fully saturated rings. The Morgan fingerprint density at radius 1 is 1.11 bits per heavy atom. The molecule has 0 aliphatic heterocycles. The minimum Gasteiger partial charge on any atom is -0.493 e. The molecule has 0 bridgehead atoms. The Hall–Kier alpha value is -2.96. The highest BCUT2D eigenvalue weighted by atomic mass is 16.5. The first-order valence-corrected chi connectivity index (χ1v) is 8.77. The molecule has 0 saturated heterocycles. The van der Waals surface area contributed by atoms with Gasteiger partial charge in [0.2, 0.25) is 5.91 Å². The molecule has 7 heteroatoms. The Labute approximate surface area is 159 Å². The summed E-state index contributed by atoms with van der Waals surface area (Å²) in [5, 5.41) is 5.60. The van der Waals surface area contributed by atoms with Crippen molar-refractivity contribution in [3.8, 4) is 11.5 Å². The van der Waals surface area contributed by atoms with E-state index in [0.717, 1.165) is 0 Å². The summed E-state index contributed by atoms with van der Waals surface area (Å²) in [6, 6.07) is 7.75. The summed E-state index contributed by atoms with van der Waals surface area (Å²) < 4.78 is 15.6. The topological polar surface area (TPSA) is 89.8 Å². The predicted octanol–water partition coefficient (Wildman–Crippen LogP) is 2.76. The lowest BCUT2D eigenvalue weighted by Gasteiger charge is -2.20. The van der Waals surface area contributed by atoms with E-state index >= 15 is 0 Å². The van der Waals surface area contributed by atoms with Crippen LogP contribution in [-0.2, 0) is 11.3 Å². The number of furan rings is 1. The molecule has 1 aromatic carbocycles. The molecule has 0 aliphatic rings. The number of methoxy groups -OCH3 is 2. The van der Waals surface area contributed by atoms with Crippen LogP contribution in [0.25, 0.3) is 0 Å². The fraction of sp³-hybridized carbons (Fsp3) is 0.400. The maximum absolute atomic E-state index is 12.6. The molecule has 2 N–H and O–H groups in total. The zero-order chi connectivity index (χ0) is 19.8. The number of carbonyl (C=O) groups is 2. The van der Waals surface area contributed by atoms with Crippen molar-refractivity contribution in [3.63, 3.8) is 0 Å². The van der Waals surface area contributed by atoms with Gasteiger partial charge in [-0.1, -0.05) is 13.8 Å². The second kappa shape index (κ2) is 9.66. The van der Waals surface area contributed by atoms with E-state index in [2.05, 4.69) is 10.6 Å². The molecule has 2 rings (SSSR count). The molecule has 0 radical (unpaired) electrons. The van der Waals surface area contributed by atoms with E-state index in [4.69, 9.17) is 13.9 Å². The number of carbonyl (C=O) groups excluding carboxylic acids is 2. The average Bonchev–Trinajstić information content (AvgIpc) is 3.18. The van der Waals surface area contributed by atoms with Crippen molar-refractivity contribution in [2.45, 2.75) is 32.9 Å². The van der Waals surface area contributed by atoms with Gasteiger partial charge >= 0.3 is 0 Å². The van der Waals surface area contributed by atoms with Crippen LogP contribution in [0.15, 0.2) is 41.0 Å². The smallest absolute Gasteiger partial charge is 0.252 e. The first-order valence-electron chi connectivity index (χ1n) is 8.77. The number of amides is 2. The highest BCUT2D eigenvalue weighted by molar-refractivity contribution is 5.98. The highest BCUT2D eigenvalue weighted by Crippen LogP contribution is 2.27. The molecule has 2 amide bonds. The lowest BCUT2D eigenvalue weighted by Crippen LogP contribution is -2.47. The van der Waals surface area contributed by atoms with Gasteiger partial charge in [-0.05, 0) is 42.7 Å². The Bertz CT molecular complexity index is 756. The van der Waals surface area contributed by atoms with Gasteiger partial charge in [-0.3, -0.25) is 9.59 Å². The van der Waals surface area contributed by atoms with Crippen molar-refractivity contribution in [1.82, 2.24) is 10.6 Å². The molecule has 1 aromatic heterocycles. The first kappa shape index (κ1) is 20.4. The molecule has 2 aromatic rings. The quantitative estimate of drug-likeness (QED) is 0.704. The number of ether oxygens (including phenoxy) is 2. The zero-order valence-corrected chi connectivity index (χ0v) is 16.1. The molecule has 0 saturated carbocycles. The summed E-state index contributed by atoms with van der Waals surface area (Å²) in [4.78, 5) is 25.2. The van der Waals surface area contributed by atoms with Crippen molar-refractivity contribution in [2.75, 3.05) is 14.2 Å². The van der Waals surface area contributed by atoms with Crippen molar-refractivity contribution < 1.29 is 23.5 Å². The summed E-state index contributed by atoms with van der Waals surface area (Å²) in [5.74, 6) is 1.26. The van der Waals surface area contributed by atoms with Crippen LogP contribution in [0.5, 0.6) is 11.5 Å². The van der Waals surface area contributed by atoms with Gasteiger partial charge in [0.05, 0.1) is 27.0 Å². The second-order valence-electron chi connectivity index (χ2n) is 6.52. The van der Waals surface area contributed by atoms with Crippen LogP contribution in [0.2, 0.25) is 0 Å². The van der Waals surface area contributed by atoms with Crippen LogP contribution < -0.4 is 20.1 Å². The van der Waals surface area contributed by atoms with Gasteiger partial charge in [0.1, 0.15) is 11.8 Å². The number of hydrogen-bond donors (Lipinski definition) is 2. The van der Waals surface area contributed by atoms with Crippen LogP contribution in [-0.4, -0.2) is 32.1 Å². The normalized spacial score (nSPS) is 11.7. The maximum atomic E-state index is 12.6. The van der Waals surface area contributed by atoms with Gasteiger partial charge in [-0.15, -0.1) is 0 Å². The third-order valence-electron chi connectivity index (χ3n) is 3.99. The summed E-state index contributed by atoms with van der Waals surface area (Å²) in [6.45, 7) is 4.26. The maximum Gasteiger partial charge on any atom is 0.252 e. The third-order valence-corrected chi connectivity index (χ3v) is 3.99. The first-order chi connectivity index (χ1) is 12.9. The average molecular weight is 374 g/mol. The van der Waals surface area contributed by atoms with Crippen LogP contribution in [0.4, 0.5) is 0 Å². The predicted molar refractivity (Wildman–Crippen MR) is 101 cm³/mol. The molecule has 0 aliphatic carbocycles. The van der Waals surface area contributed by atoms with Crippen LogP contribution in [0.1, 0.15) is 36.4 Å². The molecule has 27 heavy (non-hydrogen) atoms. The van der Waals surface area contributed by atoms with E-state index in [0.29, 0.717) is 29.2 Å². The Kier molecular flexibility index (Phi) is 7.28. The fourth-order valence-corrected chi connectivity index (χ4v) is 2.63. The molecular weight excluding hydrogens is 348 g/mol. The van der Waals surface area contributed by atoms with Crippen molar-refractivity contribution in [2.24, 2.45) is 5.92 Å². The van der Waals surface area contributed by atoms with E-state index in [1.54, 1.807) is 36.6 Å². The molecule has 146 valence electrons. The van der Waals surface area contributed by atoms with Crippen LogP contribution in [0, 0.1) is 5.92 Å². The van der Waals surface area contributed by atoms with Crippen molar-refractivity contribution >= 4 is 11.8 Å². The molecule has 0 spiro atoms. The highest BCUT2D eigenvalue weighted by Gasteiger charge is 2.23. The molecule has 7 nitrogen and oxygen atoms in total. The van der Waals surface area contributed by atoms with E-state index in [-0.39, 0.29) is 24.3 Å². The lowest BCUT2D eigenvalue weighted by molar-refractivity contribution is -0.123.